The van der Waals surface area contributed by atoms with E-state index in [0.29, 0.717) is 28.2 Å². The van der Waals surface area contributed by atoms with Crippen molar-refractivity contribution in [2.24, 2.45) is 39.9 Å². The normalized spacial score (nSPS) is 48.6. The van der Waals surface area contributed by atoms with Crippen molar-refractivity contribution in [3.05, 3.63) is 11.6 Å². The number of hydrogen-bond acceptors (Lipinski definition) is 6. The van der Waals surface area contributed by atoms with Gasteiger partial charge in [-0.25, -0.2) is 4.79 Å². The molecule has 2 aliphatic heterocycles. The van der Waals surface area contributed by atoms with Crippen molar-refractivity contribution in [2.45, 2.75) is 105 Å². The Kier molecular flexibility index (Phi) is 5.52. The molecule has 6 nitrogen and oxygen atoms in total. The molecule has 2 heterocycles. The number of hydrogen-bond donors (Lipinski definition) is 1. The second-order valence-corrected chi connectivity index (χ2v) is 12.6. The highest BCUT2D eigenvalue weighted by molar-refractivity contribution is 5.85. The Bertz CT molecular complexity index is 863. The molecule has 0 amide bonds. The van der Waals surface area contributed by atoms with Gasteiger partial charge in [-0.15, -0.1) is 0 Å². The summed E-state index contributed by atoms with van der Waals surface area (Å²) in [4.78, 5) is 23.8. The molecular formula is C27H40O6. The summed E-state index contributed by atoms with van der Waals surface area (Å²) in [6.07, 6.45) is 8.07. The number of esters is 2. The summed E-state index contributed by atoms with van der Waals surface area (Å²) in [6, 6.07) is 0. The minimum absolute atomic E-state index is 0.108. The average Bonchev–Trinajstić information content (AvgIpc) is 3.04. The van der Waals surface area contributed by atoms with Crippen LogP contribution in [0.5, 0.6) is 0 Å². The van der Waals surface area contributed by atoms with Crippen LogP contribution in [0.2, 0.25) is 0 Å². The quantitative estimate of drug-likeness (QED) is 0.600. The van der Waals surface area contributed by atoms with Gasteiger partial charge in [0.25, 0.3) is 0 Å². The fraction of sp³-hybridized carbons (Fsp3) is 0.852. The second-order valence-electron chi connectivity index (χ2n) is 12.6. The first-order chi connectivity index (χ1) is 15.5. The third-order valence-corrected chi connectivity index (χ3v) is 10.6. The molecule has 184 valence electrons. The average molecular weight is 461 g/mol. The van der Waals surface area contributed by atoms with Gasteiger partial charge in [-0.1, -0.05) is 34.1 Å². The molecule has 0 aromatic heterocycles. The smallest absolute Gasteiger partial charge is 0.333 e. The first kappa shape index (κ1) is 23.3. The molecule has 4 fully saturated rings. The van der Waals surface area contributed by atoms with E-state index >= 15 is 0 Å². The molecule has 0 aromatic carbocycles. The van der Waals surface area contributed by atoms with E-state index in [1.807, 2.05) is 0 Å². The fourth-order valence-corrected chi connectivity index (χ4v) is 9.32. The number of cyclic esters (lactones) is 1. The Hall–Kier alpha value is -1.40. The van der Waals surface area contributed by atoms with Gasteiger partial charge in [-0.2, -0.15) is 0 Å². The first-order valence-electron chi connectivity index (χ1n) is 12.9. The van der Waals surface area contributed by atoms with Gasteiger partial charge in [-0.05, 0) is 78.9 Å². The van der Waals surface area contributed by atoms with E-state index in [2.05, 4.69) is 27.7 Å². The van der Waals surface area contributed by atoms with Crippen molar-refractivity contribution in [2.75, 3.05) is 0 Å². The Morgan fingerprint density at radius 3 is 2.48 bits per heavy atom. The zero-order valence-electron chi connectivity index (χ0n) is 20.8. The third kappa shape index (κ3) is 3.58. The molecule has 6 heteroatoms. The predicted octanol–water partition coefficient (Wildman–Crippen LogP) is 4.74. The number of aliphatic hydroxyl groups excluding tert-OH is 1. The summed E-state index contributed by atoms with van der Waals surface area (Å²) < 4.78 is 16.9. The molecule has 9 atom stereocenters. The summed E-state index contributed by atoms with van der Waals surface area (Å²) in [6.45, 7) is 11.4. The largest absolute Gasteiger partial charge is 0.436 e. The molecule has 0 aromatic rings. The molecule has 33 heavy (non-hydrogen) atoms. The second kappa shape index (κ2) is 7.81. The molecule has 1 N–H and O–H groups in total. The van der Waals surface area contributed by atoms with E-state index < -0.39 is 24.7 Å². The van der Waals surface area contributed by atoms with Crippen LogP contribution >= 0.6 is 0 Å². The standard InChI is InChI=1S/C27H40O6/c1-15(28)31-24-16-7-8-21-26(4,12-9-20-25(2,3)10-6-11-27(20,21)5)18(16)14-19(32-24)17-13-22(29)33-23(17)30/h13,16,18-21,23-24,30H,6-12,14H2,1-5H3/t16-,18+,19+,20?,21-,23?,24+,26-,27-/m0/s1. The zero-order valence-corrected chi connectivity index (χ0v) is 20.8. The molecule has 0 bridgehead atoms. The maximum Gasteiger partial charge on any atom is 0.333 e. The van der Waals surface area contributed by atoms with Crippen LogP contribution in [0, 0.1) is 39.9 Å². The van der Waals surface area contributed by atoms with Gasteiger partial charge in [0.05, 0.1) is 6.10 Å². The van der Waals surface area contributed by atoms with E-state index in [1.165, 1.54) is 45.1 Å². The van der Waals surface area contributed by atoms with Crippen LogP contribution in [0.4, 0.5) is 0 Å². The van der Waals surface area contributed by atoms with Crippen LogP contribution in [0.25, 0.3) is 0 Å². The molecule has 0 spiro atoms. The van der Waals surface area contributed by atoms with Crippen molar-refractivity contribution in [1.29, 1.82) is 0 Å². The van der Waals surface area contributed by atoms with E-state index in [1.54, 1.807) is 0 Å². The predicted molar refractivity (Wildman–Crippen MR) is 121 cm³/mol. The fourth-order valence-electron chi connectivity index (χ4n) is 9.32. The van der Waals surface area contributed by atoms with E-state index in [4.69, 9.17) is 14.2 Å². The van der Waals surface area contributed by atoms with E-state index in [-0.39, 0.29) is 17.3 Å². The van der Waals surface area contributed by atoms with Gasteiger partial charge >= 0.3 is 11.9 Å². The highest BCUT2D eigenvalue weighted by Crippen LogP contribution is 2.70. The maximum absolute atomic E-state index is 12.0. The molecule has 2 unspecified atom stereocenters. The van der Waals surface area contributed by atoms with Crippen LogP contribution in [-0.2, 0) is 23.8 Å². The van der Waals surface area contributed by atoms with Crippen molar-refractivity contribution in [3.63, 3.8) is 0 Å². The summed E-state index contributed by atoms with van der Waals surface area (Å²) in [5.74, 6) is 0.882. The highest BCUT2D eigenvalue weighted by atomic mass is 16.7. The monoisotopic (exact) mass is 460 g/mol. The van der Waals surface area contributed by atoms with Crippen LogP contribution in [0.15, 0.2) is 11.6 Å². The van der Waals surface area contributed by atoms with Crippen molar-refractivity contribution >= 4 is 11.9 Å². The van der Waals surface area contributed by atoms with E-state index in [9.17, 15) is 14.7 Å². The number of carbonyl (C=O) groups is 2. The Morgan fingerprint density at radius 1 is 1.06 bits per heavy atom. The Labute approximate surface area is 197 Å². The van der Waals surface area contributed by atoms with Crippen LogP contribution < -0.4 is 0 Å². The zero-order chi connectivity index (χ0) is 23.8. The summed E-state index contributed by atoms with van der Waals surface area (Å²) in [7, 11) is 0. The number of rotatable bonds is 2. The van der Waals surface area contributed by atoms with Crippen LogP contribution in [0.3, 0.4) is 0 Å². The topological polar surface area (TPSA) is 82.1 Å². The minimum atomic E-state index is -1.28. The summed E-state index contributed by atoms with van der Waals surface area (Å²) in [5.41, 5.74) is 1.26. The highest BCUT2D eigenvalue weighted by Gasteiger charge is 2.64. The molecular weight excluding hydrogens is 420 g/mol. The molecule has 1 saturated heterocycles. The van der Waals surface area contributed by atoms with Gasteiger partial charge in [0.2, 0.25) is 12.6 Å². The number of ether oxygens (including phenoxy) is 3. The van der Waals surface area contributed by atoms with Gasteiger partial charge in [0.15, 0.2) is 0 Å². The van der Waals surface area contributed by atoms with Crippen molar-refractivity contribution < 1.29 is 28.9 Å². The Balaban J connectivity index is 1.50. The lowest BCUT2D eigenvalue weighted by Crippen LogP contribution is -2.62. The first-order valence-corrected chi connectivity index (χ1v) is 12.9. The number of carbonyl (C=O) groups excluding carboxylic acids is 2. The molecule has 3 aliphatic carbocycles. The summed E-state index contributed by atoms with van der Waals surface area (Å²) >= 11 is 0. The molecule has 5 rings (SSSR count). The summed E-state index contributed by atoms with van der Waals surface area (Å²) in [5, 5.41) is 10.3. The van der Waals surface area contributed by atoms with Gasteiger partial charge in [0, 0.05) is 24.5 Å². The van der Waals surface area contributed by atoms with E-state index in [0.717, 1.165) is 25.2 Å². The lowest BCUT2D eigenvalue weighted by Gasteiger charge is -2.67. The van der Waals surface area contributed by atoms with Gasteiger partial charge in [-0.3, -0.25) is 4.79 Å². The number of aliphatic hydroxyl groups is 1. The number of fused-ring (bicyclic) bond motifs is 5. The molecule has 3 saturated carbocycles. The van der Waals surface area contributed by atoms with Crippen molar-refractivity contribution in [1.82, 2.24) is 0 Å². The van der Waals surface area contributed by atoms with Crippen molar-refractivity contribution in [3.8, 4) is 0 Å². The lowest BCUT2D eigenvalue weighted by molar-refractivity contribution is -0.270. The molecule has 0 radical (unpaired) electrons. The van der Waals surface area contributed by atoms with Crippen LogP contribution in [0.1, 0.15) is 86.0 Å². The third-order valence-electron chi connectivity index (χ3n) is 10.6. The SMILES string of the molecule is CC(=O)O[C@@H]1O[C@@H](C2=CC(=O)OC2O)C[C@@H]2[C@@H]1CC[C@H]1[C@@]2(C)CCC2C(C)(C)CCC[C@@]21C. The minimum Gasteiger partial charge on any atom is -0.436 e. The Morgan fingerprint density at radius 2 is 1.82 bits per heavy atom. The molecule has 5 aliphatic rings. The lowest BCUT2D eigenvalue weighted by atomic mass is 9.38. The van der Waals surface area contributed by atoms with Gasteiger partial charge < -0.3 is 19.3 Å². The van der Waals surface area contributed by atoms with Gasteiger partial charge in [0.1, 0.15) is 0 Å². The maximum atomic E-state index is 12.0. The van der Waals surface area contributed by atoms with Crippen LogP contribution in [-0.4, -0.2) is 35.7 Å².